The lowest BCUT2D eigenvalue weighted by molar-refractivity contribution is 0.101. The van der Waals surface area contributed by atoms with Gasteiger partial charge in [-0.05, 0) is 72.3 Å². The minimum Gasteiger partial charge on any atom is -0.322 e. The third-order valence-corrected chi connectivity index (χ3v) is 7.68. The van der Waals surface area contributed by atoms with Gasteiger partial charge in [-0.1, -0.05) is 37.3 Å². The van der Waals surface area contributed by atoms with Crippen molar-refractivity contribution in [2.24, 2.45) is 0 Å². The summed E-state index contributed by atoms with van der Waals surface area (Å²) in [5, 5.41) is 0.802. The fourth-order valence-corrected chi connectivity index (χ4v) is 5.33. The zero-order valence-corrected chi connectivity index (χ0v) is 20.2. The number of sulfonamides is 1. The number of rotatable bonds is 8. The van der Waals surface area contributed by atoms with Gasteiger partial charge in [0, 0.05) is 29.7 Å². The molecular weight excluding hydrogens is 467 g/mol. The second kappa shape index (κ2) is 9.93. The van der Waals surface area contributed by atoms with E-state index >= 15 is 0 Å². The number of nitrogens with one attached hydrogen (secondary N) is 1. The zero-order valence-electron chi connectivity index (χ0n) is 19.4. The highest BCUT2D eigenvalue weighted by atomic mass is 32.2. The summed E-state index contributed by atoms with van der Waals surface area (Å²) in [6.07, 6.45) is 0.821. The third kappa shape index (κ3) is 5.39. The van der Waals surface area contributed by atoms with E-state index in [0.29, 0.717) is 11.1 Å². The van der Waals surface area contributed by atoms with E-state index in [9.17, 15) is 22.4 Å². The van der Waals surface area contributed by atoms with Gasteiger partial charge in [0.25, 0.3) is 5.56 Å². The van der Waals surface area contributed by atoms with E-state index in [4.69, 9.17) is 0 Å². The first-order valence-electron chi connectivity index (χ1n) is 11.2. The Balaban J connectivity index is 1.79. The summed E-state index contributed by atoms with van der Waals surface area (Å²) in [6, 6.07) is 18.7. The molecule has 0 unspecified atom stereocenters. The summed E-state index contributed by atoms with van der Waals surface area (Å²) in [5.41, 5.74) is 2.47. The van der Waals surface area contributed by atoms with Crippen molar-refractivity contribution < 1.29 is 17.6 Å². The SMILES string of the molecule is CCc1ccc2[nH]c(=O)c(CN(Cc3ccc(F)cc3)S(=O)(=O)c3cccc(C(C)=O)c3)cc2c1. The van der Waals surface area contributed by atoms with Crippen LogP contribution in [0.15, 0.2) is 82.5 Å². The Morgan fingerprint density at radius 1 is 0.943 bits per heavy atom. The van der Waals surface area contributed by atoms with Crippen LogP contribution in [-0.4, -0.2) is 23.5 Å². The van der Waals surface area contributed by atoms with E-state index in [1.807, 2.05) is 25.1 Å². The smallest absolute Gasteiger partial charge is 0.252 e. The molecule has 1 N–H and O–H groups in total. The van der Waals surface area contributed by atoms with Crippen LogP contribution >= 0.6 is 0 Å². The maximum atomic E-state index is 13.7. The average molecular weight is 493 g/mol. The Bertz CT molecular complexity index is 1560. The summed E-state index contributed by atoms with van der Waals surface area (Å²) >= 11 is 0. The van der Waals surface area contributed by atoms with Crippen molar-refractivity contribution in [2.45, 2.75) is 38.3 Å². The number of Topliss-reactive ketones (excluding diaryl/α,β-unsaturated/α-hetero) is 1. The molecule has 4 rings (SSSR count). The van der Waals surface area contributed by atoms with E-state index in [1.165, 1.54) is 53.7 Å². The number of aromatic amines is 1. The predicted molar refractivity (Wildman–Crippen MR) is 133 cm³/mol. The molecule has 3 aromatic carbocycles. The van der Waals surface area contributed by atoms with Crippen molar-refractivity contribution in [3.05, 3.63) is 111 Å². The number of nitrogens with zero attached hydrogens (tertiary/aromatic N) is 1. The molecule has 1 aromatic heterocycles. The number of carbonyl (C=O) groups excluding carboxylic acids is 1. The number of ketones is 1. The number of fused-ring (bicyclic) bond motifs is 1. The third-order valence-electron chi connectivity index (χ3n) is 5.89. The van der Waals surface area contributed by atoms with Crippen molar-refractivity contribution in [1.82, 2.24) is 9.29 Å². The van der Waals surface area contributed by atoms with Gasteiger partial charge >= 0.3 is 0 Å². The fraction of sp³-hybridized carbons (Fsp3) is 0.185. The molecule has 6 nitrogen and oxygen atoms in total. The van der Waals surface area contributed by atoms with Crippen LogP contribution in [0.5, 0.6) is 0 Å². The summed E-state index contributed by atoms with van der Waals surface area (Å²) < 4.78 is 42.0. The molecule has 35 heavy (non-hydrogen) atoms. The molecule has 0 aliphatic heterocycles. The summed E-state index contributed by atoms with van der Waals surface area (Å²) in [7, 11) is -4.11. The van der Waals surface area contributed by atoms with Gasteiger partial charge in [-0.25, -0.2) is 12.8 Å². The van der Waals surface area contributed by atoms with Crippen LogP contribution < -0.4 is 5.56 Å². The Morgan fingerprint density at radius 3 is 2.34 bits per heavy atom. The van der Waals surface area contributed by atoms with E-state index in [0.717, 1.165) is 17.4 Å². The lowest BCUT2D eigenvalue weighted by Crippen LogP contribution is -2.32. The van der Waals surface area contributed by atoms with Gasteiger partial charge in [0.15, 0.2) is 5.78 Å². The Morgan fingerprint density at radius 2 is 1.66 bits per heavy atom. The van der Waals surface area contributed by atoms with Crippen LogP contribution in [0.2, 0.25) is 0 Å². The van der Waals surface area contributed by atoms with Crippen LogP contribution in [0, 0.1) is 5.82 Å². The van der Waals surface area contributed by atoms with Gasteiger partial charge in [0.1, 0.15) is 5.82 Å². The summed E-state index contributed by atoms with van der Waals surface area (Å²) in [4.78, 5) is 27.5. The summed E-state index contributed by atoms with van der Waals surface area (Å²) in [6.45, 7) is 3.10. The van der Waals surface area contributed by atoms with Crippen LogP contribution in [0.1, 0.15) is 40.9 Å². The lowest BCUT2D eigenvalue weighted by Gasteiger charge is -2.23. The molecule has 0 fully saturated rings. The average Bonchev–Trinajstić information content (AvgIpc) is 2.85. The fourth-order valence-electron chi connectivity index (χ4n) is 3.87. The Labute approximate surface area is 203 Å². The van der Waals surface area contributed by atoms with Gasteiger partial charge < -0.3 is 4.98 Å². The number of benzene rings is 3. The first-order chi connectivity index (χ1) is 16.7. The number of hydrogen-bond acceptors (Lipinski definition) is 4. The van der Waals surface area contributed by atoms with Crippen molar-refractivity contribution >= 4 is 26.7 Å². The van der Waals surface area contributed by atoms with Crippen LogP contribution in [0.4, 0.5) is 4.39 Å². The second-order valence-corrected chi connectivity index (χ2v) is 10.3. The quantitative estimate of drug-likeness (QED) is 0.357. The molecule has 8 heteroatoms. The maximum absolute atomic E-state index is 13.7. The van der Waals surface area contributed by atoms with Gasteiger partial charge in [0.05, 0.1) is 4.90 Å². The summed E-state index contributed by atoms with van der Waals surface area (Å²) in [5.74, 6) is -0.695. The van der Waals surface area contributed by atoms with Crippen molar-refractivity contribution in [3.8, 4) is 0 Å². The molecule has 180 valence electrons. The first kappa shape index (κ1) is 24.5. The van der Waals surface area contributed by atoms with Crippen LogP contribution in [0.3, 0.4) is 0 Å². The zero-order chi connectivity index (χ0) is 25.2. The monoisotopic (exact) mass is 492 g/mol. The van der Waals surface area contributed by atoms with E-state index in [2.05, 4.69) is 4.98 Å². The number of halogens is 1. The molecule has 0 aliphatic carbocycles. The standard InChI is InChI=1S/C27H25FN2O4S/c1-3-19-9-12-26-22(13-19)14-23(27(32)29-26)17-30(16-20-7-10-24(28)11-8-20)35(33,34)25-6-4-5-21(15-25)18(2)31/h4-15H,3,16-17H2,1-2H3,(H,29,32). The molecule has 0 radical (unpaired) electrons. The Kier molecular flexibility index (Phi) is 6.95. The Hall–Kier alpha value is -3.62. The largest absolute Gasteiger partial charge is 0.322 e. The number of H-pyrrole nitrogens is 1. The number of hydrogen-bond donors (Lipinski definition) is 1. The molecule has 0 aliphatic rings. The van der Waals surface area contributed by atoms with Crippen molar-refractivity contribution in [3.63, 3.8) is 0 Å². The second-order valence-electron chi connectivity index (χ2n) is 8.38. The highest BCUT2D eigenvalue weighted by Gasteiger charge is 2.26. The van der Waals surface area contributed by atoms with Gasteiger partial charge in [-0.2, -0.15) is 4.31 Å². The van der Waals surface area contributed by atoms with Crippen LogP contribution in [-0.2, 0) is 29.5 Å². The van der Waals surface area contributed by atoms with Gasteiger partial charge in [-0.15, -0.1) is 0 Å². The van der Waals surface area contributed by atoms with E-state index < -0.39 is 21.4 Å². The highest BCUT2D eigenvalue weighted by molar-refractivity contribution is 7.89. The minimum atomic E-state index is -4.11. The number of aryl methyl sites for hydroxylation is 1. The maximum Gasteiger partial charge on any atom is 0.252 e. The molecule has 0 spiro atoms. The van der Waals surface area contributed by atoms with Crippen LogP contribution in [0.25, 0.3) is 10.9 Å². The molecule has 0 amide bonds. The molecule has 0 atom stereocenters. The number of pyridine rings is 1. The van der Waals surface area contributed by atoms with Gasteiger partial charge in [0.2, 0.25) is 10.0 Å². The molecule has 1 heterocycles. The number of aromatic nitrogens is 1. The molecule has 0 bridgehead atoms. The molecule has 0 saturated heterocycles. The molecule has 0 saturated carbocycles. The van der Waals surface area contributed by atoms with Crippen molar-refractivity contribution in [2.75, 3.05) is 0 Å². The van der Waals surface area contributed by atoms with Crippen molar-refractivity contribution in [1.29, 1.82) is 0 Å². The molecular formula is C27H25FN2O4S. The van der Waals surface area contributed by atoms with Gasteiger partial charge in [-0.3, -0.25) is 9.59 Å². The molecule has 4 aromatic rings. The highest BCUT2D eigenvalue weighted by Crippen LogP contribution is 2.23. The van der Waals surface area contributed by atoms with E-state index in [-0.39, 0.29) is 34.9 Å². The van der Waals surface area contributed by atoms with E-state index in [1.54, 1.807) is 12.1 Å². The number of carbonyl (C=O) groups is 1. The minimum absolute atomic E-state index is 0.0576. The lowest BCUT2D eigenvalue weighted by atomic mass is 10.1. The predicted octanol–water partition coefficient (Wildman–Crippen LogP) is 4.82. The topological polar surface area (TPSA) is 87.3 Å². The first-order valence-corrected chi connectivity index (χ1v) is 12.6. The normalized spacial score (nSPS) is 11.8.